The van der Waals surface area contributed by atoms with Gasteiger partial charge in [0, 0.05) is 19.3 Å². The van der Waals surface area contributed by atoms with E-state index < -0.39 is 0 Å². The van der Waals surface area contributed by atoms with Crippen LogP contribution >= 0.6 is 23.1 Å². The Morgan fingerprint density at radius 3 is 2.86 bits per heavy atom. The highest BCUT2D eigenvalue weighted by molar-refractivity contribution is 8.00. The summed E-state index contributed by atoms with van der Waals surface area (Å²) in [5.41, 5.74) is 0.803. The van der Waals surface area contributed by atoms with Crippen molar-refractivity contribution in [2.45, 2.75) is 23.2 Å². The minimum atomic E-state index is 0.430. The molecule has 0 bridgehead atoms. The van der Waals surface area contributed by atoms with Gasteiger partial charge in [0.25, 0.3) is 0 Å². The zero-order valence-corrected chi connectivity index (χ0v) is 13.7. The highest BCUT2D eigenvalue weighted by atomic mass is 32.2. The smallest absolute Gasteiger partial charge is 0.176 e. The van der Waals surface area contributed by atoms with Crippen LogP contribution in [0.25, 0.3) is 10.3 Å². The quantitative estimate of drug-likeness (QED) is 0.681. The van der Waals surface area contributed by atoms with Gasteiger partial charge in [0.2, 0.25) is 0 Å². The van der Waals surface area contributed by atoms with Crippen molar-refractivity contribution in [1.82, 2.24) is 29.9 Å². The van der Waals surface area contributed by atoms with Crippen molar-refractivity contribution < 1.29 is 0 Å². The average molecular weight is 333 g/mol. The van der Waals surface area contributed by atoms with Crippen molar-refractivity contribution >= 4 is 39.3 Å². The summed E-state index contributed by atoms with van der Waals surface area (Å²) in [5, 5.41) is 8.01. The number of anilines is 1. The maximum absolute atomic E-state index is 4.52. The number of hydrogen-bond acceptors (Lipinski definition) is 8. The van der Waals surface area contributed by atoms with Gasteiger partial charge in [-0.05, 0) is 19.1 Å². The summed E-state index contributed by atoms with van der Waals surface area (Å²) in [7, 11) is 0. The fourth-order valence-electron chi connectivity index (χ4n) is 2.79. The summed E-state index contributed by atoms with van der Waals surface area (Å²) in [6.07, 6.45) is 9.42. The van der Waals surface area contributed by atoms with E-state index in [0.717, 1.165) is 46.4 Å². The lowest BCUT2D eigenvalue weighted by Gasteiger charge is -2.32. The molecule has 0 unspecified atom stereocenters. The fourth-order valence-corrected chi connectivity index (χ4v) is 4.32. The van der Waals surface area contributed by atoms with Gasteiger partial charge < -0.3 is 4.90 Å². The molecule has 0 amide bonds. The summed E-state index contributed by atoms with van der Waals surface area (Å²) < 4.78 is 4.09. The molecule has 0 aliphatic carbocycles. The van der Waals surface area contributed by atoms with Gasteiger partial charge in [-0.2, -0.15) is 0 Å². The van der Waals surface area contributed by atoms with Crippen LogP contribution in [0.4, 0.5) is 5.82 Å². The lowest BCUT2D eigenvalue weighted by atomic mass is 10.1. The third kappa shape index (κ3) is 2.44. The molecule has 1 saturated heterocycles. The Hall–Kier alpha value is -1.74. The molecule has 9 heteroatoms. The topological polar surface area (TPSA) is 72.6 Å². The molecule has 0 N–H and O–H groups in total. The summed E-state index contributed by atoms with van der Waals surface area (Å²) >= 11 is 3.32. The molecule has 0 spiro atoms. The third-order valence-corrected chi connectivity index (χ3v) is 5.93. The molecule has 7 nitrogen and oxygen atoms in total. The number of thioether (sulfide) groups is 1. The fraction of sp³-hybridized carbons (Fsp3) is 0.462. The Morgan fingerprint density at radius 1 is 1.27 bits per heavy atom. The normalized spacial score (nSPS) is 16.5. The third-order valence-electron chi connectivity index (χ3n) is 3.91. The van der Waals surface area contributed by atoms with Crippen molar-refractivity contribution in [2.24, 2.45) is 0 Å². The van der Waals surface area contributed by atoms with E-state index in [9.17, 15) is 0 Å². The second-order valence-electron chi connectivity index (χ2n) is 5.14. The zero-order chi connectivity index (χ0) is 14.9. The van der Waals surface area contributed by atoms with Crippen LogP contribution in [0, 0.1) is 0 Å². The SMILES string of the molecule is CSc1nc2ncnc(N3CCC(n4ccnn4)CC3)c2s1. The first-order chi connectivity index (χ1) is 10.8. The number of nitrogens with zero attached hydrogens (tertiary/aromatic N) is 7. The van der Waals surface area contributed by atoms with Crippen LogP contribution in [0.5, 0.6) is 0 Å². The van der Waals surface area contributed by atoms with Crippen LogP contribution in [0.1, 0.15) is 18.9 Å². The van der Waals surface area contributed by atoms with Gasteiger partial charge in [0.15, 0.2) is 15.8 Å². The molecule has 22 heavy (non-hydrogen) atoms. The first-order valence-corrected chi connectivity index (χ1v) is 9.15. The predicted molar refractivity (Wildman–Crippen MR) is 87.5 cm³/mol. The van der Waals surface area contributed by atoms with Crippen LogP contribution in [-0.4, -0.2) is 49.3 Å². The molecule has 0 atom stereocenters. The van der Waals surface area contributed by atoms with Crippen LogP contribution < -0.4 is 4.90 Å². The molecule has 0 aromatic carbocycles. The van der Waals surface area contributed by atoms with E-state index in [1.165, 1.54) is 0 Å². The second kappa shape index (κ2) is 5.81. The number of aromatic nitrogens is 6. The van der Waals surface area contributed by atoms with Crippen molar-refractivity contribution in [2.75, 3.05) is 24.2 Å². The molecule has 114 valence electrons. The minimum absolute atomic E-state index is 0.430. The molecular formula is C13H15N7S2. The summed E-state index contributed by atoms with van der Waals surface area (Å²) in [6, 6.07) is 0.430. The number of fused-ring (bicyclic) bond motifs is 1. The maximum Gasteiger partial charge on any atom is 0.176 e. The number of rotatable bonds is 3. The average Bonchev–Trinajstić information content (AvgIpc) is 3.23. The van der Waals surface area contributed by atoms with Crippen LogP contribution in [0.3, 0.4) is 0 Å². The maximum atomic E-state index is 4.52. The highest BCUT2D eigenvalue weighted by Gasteiger charge is 2.24. The van der Waals surface area contributed by atoms with Gasteiger partial charge >= 0.3 is 0 Å². The lowest BCUT2D eigenvalue weighted by Crippen LogP contribution is -2.35. The first kappa shape index (κ1) is 13.9. The van der Waals surface area contributed by atoms with Gasteiger partial charge in [-0.25, -0.2) is 19.6 Å². The Labute approximate surface area is 135 Å². The Kier molecular flexibility index (Phi) is 3.67. The monoisotopic (exact) mass is 333 g/mol. The van der Waals surface area contributed by atoms with Crippen molar-refractivity contribution in [1.29, 1.82) is 0 Å². The highest BCUT2D eigenvalue weighted by Crippen LogP contribution is 2.34. The molecule has 4 rings (SSSR count). The van der Waals surface area contributed by atoms with Crippen LogP contribution in [-0.2, 0) is 0 Å². The van der Waals surface area contributed by atoms with E-state index in [0.29, 0.717) is 6.04 Å². The second-order valence-corrected chi connectivity index (χ2v) is 7.19. The van der Waals surface area contributed by atoms with E-state index in [2.05, 4.69) is 30.2 Å². The van der Waals surface area contributed by atoms with Gasteiger partial charge in [-0.1, -0.05) is 17.0 Å². The van der Waals surface area contributed by atoms with Crippen molar-refractivity contribution in [3.8, 4) is 0 Å². The predicted octanol–water partition coefficient (Wildman–Crippen LogP) is 2.24. The van der Waals surface area contributed by atoms with Crippen LogP contribution in [0.15, 0.2) is 23.1 Å². The first-order valence-electron chi connectivity index (χ1n) is 7.11. The van der Waals surface area contributed by atoms with Gasteiger partial charge in [0.1, 0.15) is 11.0 Å². The number of thiazole rings is 1. The largest absolute Gasteiger partial charge is 0.355 e. The molecule has 3 aromatic heterocycles. The molecule has 4 heterocycles. The Balaban J connectivity index is 1.57. The molecule has 3 aromatic rings. The van der Waals surface area contributed by atoms with E-state index in [4.69, 9.17) is 0 Å². The molecule has 1 fully saturated rings. The molecule has 1 aliphatic heterocycles. The Morgan fingerprint density at radius 2 is 2.14 bits per heavy atom. The molecule has 0 saturated carbocycles. The van der Waals surface area contributed by atoms with Gasteiger partial charge in [-0.3, -0.25) is 0 Å². The lowest BCUT2D eigenvalue weighted by molar-refractivity contribution is 0.359. The Bertz CT molecular complexity index is 762. The molecule has 1 aliphatic rings. The molecular weight excluding hydrogens is 318 g/mol. The van der Waals surface area contributed by atoms with E-state index in [1.54, 1.807) is 35.6 Å². The standard InChI is InChI=1S/C13H15N7S2/c1-21-13-17-11-10(22-13)12(15-8-14-11)19-5-2-9(3-6-19)20-7-4-16-18-20/h4,7-9H,2-3,5-6H2,1H3. The van der Waals surface area contributed by atoms with E-state index in [1.807, 2.05) is 17.1 Å². The van der Waals surface area contributed by atoms with E-state index in [-0.39, 0.29) is 0 Å². The summed E-state index contributed by atoms with van der Waals surface area (Å²) in [6.45, 7) is 1.92. The summed E-state index contributed by atoms with van der Waals surface area (Å²) in [4.78, 5) is 15.7. The number of piperidine rings is 1. The van der Waals surface area contributed by atoms with Gasteiger partial charge in [0.05, 0.1) is 12.2 Å². The van der Waals surface area contributed by atoms with Crippen molar-refractivity contribution in [3.05, 3.63) is 18.7 Å². The molecule has 0 radical (unpaired) electrons. The van der Waals surface area contributed by atoms with Crippen LogP contribution in [0.2, 0.25) is 0 Å². The zero-order valence-electron chi connectivity index (χ0n) is 12.1. The minimum Gasteiger partial charge on any atom is -0.355 e. The van der Waals surface area contributed by atoms with E-state index >= 15 is 0 Å². The van der Waals surface area contributed by atoms with Crippen molar-refractivity contribution in [3.63, 3.8) is 0 Å². The number of hydrogen-bond donors (Lipinski definition) is 0. The van der Waals surface area contributed by atoms with Gasteiger partial charge in [-0.15, -0.1) is 16.4 Å². The summed E-state index contributed by atoms with van der Waals surface area (Å²) in [5.74, 6) is 1.01.